The molecule has 0 aromatic heterocycles. The Labute approximate surface area is 132 Å². The summed E-state index contributed by atoms with van der Waals surface area (Å²) in [5.41, 5.74) is 2.64. The first-order valence-corrected chi connectivity index (χ1v) is 8.59. The van der Waals surface area contributed by atoms with Gasteiger partial charge in [-0.15, -0.1) is 0 Å². The second-order valence-corrected chi connectivity index (χ2v) is 6.96. The summed E-state index contributed by atoms with van der Waals surface area (Å²) < 4.78 is 1.20. The lowest BCUT2D eigenvalue weighted by molar-refractivity contribution is 0.362. The summed E-state index contributed by atoms with van der Waals surface area (Å²) in [4.78, 5) is 2.41. The van der Waals surface area contributed by atoms with Gasteiger partial charge in [0.15, 0.2) is 0 Å². The SMILES string of the molecule is CNC(C)c1ccc(N(C)CC2CCCCC2)cc1Br. The Balaban J connectivity index is 2.02. The molecule has 20 heavy (non-hydrogen) atoms. The number of anilines is 1. The maximum atomic E-state index is 3.72. The van der Waals surface area contributed by atoms with Gasteiger partial charge in [0, 0.05) is 29.8 Å². The predicted molar refractivity (Wildman–Crippen MR) is 91.5 cm³/mol. The average molecular weight is 339 g/mol. The van der Waals surface area contributed by atoms with Gasteiger partial charge in [-0.1, -0.05) is 41.3 Å². The van der Waals surface area contributed by atoms with Crippen LogP contribution in [-0.2, 0) is 0 Å². The number of hydrogen-bond acceptors (Lipinski definition) is 2. The highest BCUT2D eigenvalue weighted by molar-refractivity contribution is 9.10. The van der Waals surface area contributed by atoms with Crippen molar-refractivity contribution < 1.29 is 0 Å². The molecule has 0 saturated heterocycles. The zero-order valence-electron chi connectivity index (χ0n) is 13.0. The molecular formula is C17H27BrN2. The third kappa shape index (κ3) is 3.98. The number of nitrogens with zero attached hydrogens (tertiary/aromatic N) is 1. The van der Waals surface area contributed by atoms with Crippen LogP contribution in [0.25, 0.3) is 0 Å². The summed E-state index contributed by atoms with van der Waals surface area (Å²) in [6.45, 7) is 3.37. The fourth-order valence-electron chi connectivity index (χ4n) is 3.12. The normalized spacial score (nSPS) is 18.0. The summed E-state index contributed by atoms with van der Waals surface area (Å²) in [6, 6.07) is 7.11. The van der Waals surface area contributed by atoms with E-state index in [0.29, 0.717) is 6.04 Å². The van der Waals surface area contributed by atoms with E-state index < -0.39 is 0 Å². The first-order chi connectivity index (χ1) is 9.61. The number of hydrogen-bond donors (Lipinski definition) is 1. The molecule has 1 aliphatic carbocycles. The second kappa shape index (κ2) is 7.46. The molecule has 1 unspecified atom stereocenters. The lowest BCUT2D eigenvalue weighted by Gasteiger charge is -2.29. The Morgan fingerprint density at radius 1 is 1.30 bits per heavy atom. The number of halogens is 1. The highest BCUT2D eigenvalue weighted by Crippen LogP contribution is 2.30. The van der Waals surface area contributed by atoms with Gasteiger partial charge in [-0.2, -0.15) is 0 Å². The topological polar surface area (TPSA) is 15.3 Å². The molecule has 0 amide bonds. The lowest BCUT2D eigenvalue weighted by atomic mass is 9.89. The van der Waals surface area contributed by atoms with E-state index in [9.17, 15) is 0 Å². The summed E-state index contributed by atoms with van der Waals surface area (Å²) in [7, 11) is 4.22. The minimum atomic E-state index is 0.377. The quantitative estimate of drug-likeness (QED) is 0.833. The van der Waals surface area contributed by atoms with Crippen molar-refractivity contribution in [2.45, 2.75) is 45.1 Å². The number of rotatable bonds is 5. The molecular weight excluding hydrogens is 312 g/mol. The van der Waals surface area contributed by atoms with Crippen molar-refractivity contribution in [3.05, 3.63) is 28.2 Å². The molecule has 112 valence electrons. The molecule has 0 radical (unpaired) electrons. The van der Waals surface area contributed by atoms with E-state index in [1.807, 2.05) is 7.05 Å². The Morgan fingerprint density at radius 2 is 2.00 bits per heavy atom. The van der Waals surface area contributed by atoms with Gasteiger partial charge < -0.3 is 10.2 Å². The molecule has 3 heteroatoms. The molecule has 1 atom stereocenters. The van der Waals surface area contributed by atoms with Crippen molar-refractivity contribution in [3.63, 3.8) is 0 Å². The van der Waals surface area contributed by atoms with Crippen LogP contribution in [0.15, 0.2) is 22.7 Å². The van der Waals surface area contributed by atoms with Gasteiger partial charge in [-0.05, 0) is 50.4 Å². The maximum absolute atomic E-state index is 3.72. The molecule has 0 bridgehead atoms. The van der Waals surface area contributed by atoms with Crippen LogP contribution in [0.4, 0.5) is 5.69 Å². The third-order valence-corrected chi connectivity index (χ3v) is 5.27. The van der Waals surface area contributed by atoms with Gasteiger partial charge in [0.25, 0.3) is 0 Å². The molecule has 0 heterocycles. The minimum Gasteiger partial charge on any atom is -0.374 e. The van der Waals surface area contributed by atoms with Crippen LogP contribution in [0.1, 0.15) is 50.6 Å². The smallest absolute Gasteiger partial charge is 0.0375 e. The molecule has 1 aromatic rings. The third-order valence-electron chi connectivity index (χ3n) is 4.58. The molecule has 1 saturated carbocycles. The van der Waals surface area contributed by atoms with Crippen molar-refractivity contribution in [2.24, 2.45) is 5.92 Å². The van der Waals surface area contributed by atoms with Crippen LogP contribution in [0.5, 0.6) is 0 Å². The Kier molecular flexibility index (Phi) is 5.91. The second-order valence-electron chi connectivity index (χ2n) is 6.10. The van der Waals surface area contributed by atoms with Crippen molar-refractivity contribution >= 4 is 21.6 Å². The van der Waals surface area contributed by atoms with Crippen LogP contribution in [0.3, 0.4) is 0 Å². The van der Waals surface area contributed by atoms with E-state index in [1.54, 1.807) is 0 Å². The molecule has 1 aliphatic rings. The Morgan fingerprint density at radius 3 is 2.60 bits per heavy atom. The molecule has 0 aliphatic heterocycles. The minimum absolute atomic E-state index is 0.377. The summed E-state index contributed by atoms with van der Waals surface area (Å²) >= 11 is 3.72. The van der Waals surface area contributed by atoms with E-state index >= 15 is 0 Å². The number of benzene rings is 1. The standard InChI is InChI=1S/C17H27BrN2/c1-13(19-2)16-10-9-15(11-17(16)18)20(3)12-14-7-5-4-6-8-14/h9-11,13-14,19H,4-8,12H2,1-3H3. The lowest BCUT2D eigenvalue weighted by Crippen LogP contribution is -2.26. The summed E-state index contributed by atoms with van der Waals surface area (Å²) in [6.07, 6.45) is 7.07. The highest BCUT2D eigenvalue weighted by atomic mass is 79.9. The van der Waals surface area contributed by atoms with Gasteiger partial charge >= 0.3 is 0 Å². The van der Waals surface area contributed by atoms with Gasteiger partial charge in [-0.3, -0.25) is 0 Å². The maximum Gasteiger partial charge on any atom is 0.0375 e. The van der Waals surface area contributed by atoms with Crippen LogP contribution in [-0.4, -0.2) is 20.6 Å². The Bertz CT molecular complexity index is 427. The molecule has 2 nitrogen and oxygen atoms in total. The fourth-order valence-corrected chi connectivity index (χ4v) is 3.83. The monoisotopic (exact) mass is 338 g/mol. The van der Waals surface area contributed by atoms with Gasteiger partial charge in [0.05, 0.1) is 0 Å². The fraction of sp³-hybridized carbons (Fsp3) is 0.647. The zero-order chi connectivity index (χ0) is 14.5. The summed E-state index contributed by atoms with van der Waals surface area (Å²) in [5, 5.41) is 3.29. The van der Waals surface area contributed by atoms with E-state index in [4.69, 9.17) is 0 Å². The van der Waals surface area contributed by atoms with E-state index in [0.717, 1.165) is 5.92 Å². The van der Waals surface area contributed by atoms with Gasteiger partial charge in [-0.25, -0.2) is 0 Å². The molecule has 1 N–H and O–H groups in total. The van der Waals surface area contributed by atoms with E-state index in [1.165, 1.54) is 54.4 Å². The summed E-state index contributed by atoms with van der Waals surface area (Å²) in [5.74, 6) is 0.878. The molecule has 1 aromatic carbocycles. The molecule has 0 spiro atoms. The van der Waals surface area contributed by atoms with Gasteiger partial charge in [0.2, 0.25) is 0 Å². The van der Waals surface area contributed by atoms with Crippen molar-refractivity contribution in [1.82, 2.24) is 5.32 Å². The van der Waals surface area contributed by atoms with E-state index in [-0.39, 0.29) is 0 Å². The Hall–Kier alpha value is -0.540. The first-order valence-electron chi connectivity index (χ1n) is 7.79. The van der Waals surface area contributed by atoms with Crippen molar-refractivity contribution in [1.29, 1.82) is 0 Å². The molecule has 2 rings (SSSR count). The zero-order valence-corrected chi connectivity index (χ0v) is 14.5. The van der Waals surface area contributed by atoms with E-state index in [2.05, 4.69) is 58.3 Å². The van der Waals surface area contributed by atoms with Crippen LogP contribution in [0, 0.1) is 5.92 Å². The molecule has 1 fully saturated rings. The first kappa shape index (κ1) is 15.8. The van der Waals surface area contributed by atoms with Crippen LogP contribution in [0.2, 0.25) is 0 Å². The highest BCUT2D eigenvalue weighted by Gasteiger charge is 2.16. The van der Waals surface area contributed by atoms with Crippen molar-refractivity contribution in [3.8, 4) is 0 Å². The predicted octanol–water partition coefficient (Wildman–Crippen LogP) is 4.75. The van der Waals surface area contributed by atoms with Crippen LogP contribution >= 0.6 is 15.9 Å². The average Bonchev–Trinajstić information content (AvgIpc) is 2.47. The largest absolute Gasteiger partial charge is 0.374 e. The number of nitrogens with one attached hydrogen (secondary N) is 1. The van der Waals surface area contributed by atoms with Crippen molar-refractivity contribution in [2.75, 3.05) is 25.5 Å². The van der Waals surface area contributed by atoms with Crippen LogP contribution < -0.4 is 10.2 Å². The van der Waals surface area contributed by atoms with Gasteiger partial charge in [0.1, 0.15) is 0 Å².